The molecular weight excluding hydrogens is 403 g/mol. The normalized spacial score (nSPS) is 21.8. The number of halogens is 1. The standard InChI is InChI=1S/C27H33FN2O2/c1-3-13-29-26(32)27(11-14-30(15-12-27)25(31)24-16-19(24)2)18-21-7-4-5-10-23(21)20-8-6-9-22(28)17-20/h4-10,17,19,24H,3,11-16,18H2,1-2H3,(H,29,32)/t19-,24+/m0/s1. The average Bonchev–Trinajstić information content (AvgIpc) is 3.54. The van der Waals surface area contributed by atoms with E-state index in [1.165, 1.54) is 6.07 Å². The predicted octanol–water partition coefficient (Wildman–Crippen LogP) is 4.83. The molecule has 0 unspecified atom stereocenters. The molecule has 1 heterocycles. The monoisotopic (exact) mass is 436 g/mol. The van der Waals surface area contributed by atoms with Gasteiger partial charge in [0.25, 0.3) is 0 Å². The zero-order chi connectivity index (χ0) is 22.7. The van der Waals surface area contributed by atoms with Crippen molar-refractivity contribution in [2.75, 3.05) is 19.6 Å². The zero-order valence-corrected chi connectivity index (χ0v) is 19.1. The van der Waals surface area contributed by atoms with E-state index in [-0.39, 0.29) is 23.5 Å². The number of carbonyl (C=O) groups is 2. The summed E-state index contributed by atoms with van der Waals surface area (Å²) in [5.41, 5.74) is 2.25. The lowest BCUT2D eigenvalue weighted by Crippen LogP contribution is -2.51. The summed E-state index contributed by atoms with van der Waals surface area (Å²) in [7, 11) is 0. The molecule has 1 saturated carbocycles. The molecule has 1 saturated heterocycles. The largest absolute Gasteiger partial charge is 0.356 e. The molecule has 1 aliphatic heterocycles. The van der Waals surface area contributed by atoms with Crippen LogP contribution in [0.3, 0.4) is 0 Å². The molecule has 4 rings (SSSR count). The summed E-state index contributed by atoms with van der Waals surface area (Å²) in [4.78, 5) is 28.1. The zero-order valence-electron chi connectivity index (χ0n) is 19.1. The maximum Gasteiger partial charge on any atom is 0.226 e. The van der Waals surface area contributed by atoms with Gasteiger partial charge in [0, 0.05) is 25.6 Å². The quantitative estimate of drug-likeness (QED) is 0.676. The lowest BCUT2D eigenvalue weighted by molar-refractivity contribution is -0.141. The van der Waals surface area contributed by atoms with Crippen molar-refractivity contribution in [1.29, 1.82) is 0 Å². The highest BCUT2D eigenvalue weighted by Crippen LogP contribution is 2.42. The molecule has 0 radical (unpaired) electrons. The van der Waals surface area contributed by atoms with Gasteiger partial charge >= 0.3 is 0 Å². The van der Waals surface area contributed by atoms with Crippen molar-refractivity contribution in [3.05, 3.63) is 59.9 Å². The molecule has 2 aromatic carbocycles. The molecule has 0 aromatic heterocycles. The second-order valence-electron chi connectivity index (χ2n) is 9.53. The number of piperidine rings is 1. The SMILES string of the molecule is CCCNC(=O)C1(Cc2ccccc2-c2cccc(F)c2)CCN(C(=O)[C@@H]2C[C@@H]2C)CC1. The van der Waals surface area contributed by atoms with Crippen LogP contribution in [0.25, 0.3) is 11.1 Å². The molecule has 170 valence electrons. The first-order valence-electron chi connectivity index (χ1n) is 11.8. The van der Waals surface area contributed by atoms with Gasteiger partial charge in [-0.3, -0.25) is 9.59 Å². The highest BCUT2D eigenvalue weighted by Gasteiger charge is 2.46. The summed E-state index contributed by atoms with van der Waals surface area (Å²) in [5.74, 6) is 0.708. The molecule has 2 amide bonds. The van der Waals surface area contributed by atoms with Crippen molar-refractivity contribution in [3.8, 4) is 11.1 Å². The number of hydrogen-bond donors (Lipinski definition) is 1. The van der Waals surface area contributed by atoms with Gasteiger partial charge in [-0.2, -0.15) is 0 Å². The number of nitrogens with zero attached hydrogens (tertiary/aromatic N) is 1. The Morgan fingerprint density at radius 1 is 1.12 bits per heavy atom. The summed E-state index contributed by atoms with van der Waals surface area (Å²) < 4.78 is 13.9. The highest BCUT2D eigenvalue weighted by atomic mass is 19.1. The molecule has 1 N–H and O–H groups in total. The number of rotatable bonds is 7. The van der Waals surface area contributed by atoms with Gasteiger partial charge in [0.05, 0.1) is 5.41 Å². The number of benzene rings is 2. The third kappa shape index (κ3) is 4.72. The van der Waals surface area contributed by atoms with Crippen LogP contribution in [-0.4, -0.2) is 36.3 Å². The highest BCUT2D eigenvalue weighted by molar-refractivity contribution is 5.85. The van der Waals surface area contributed by atoms with E-state index in [1.54, 1.807) is 12.1 Å². The van der Waals surface area contributed by atoms with Crippen molar-refractivity contribution in [1.82, 2.24) is 10.2 Å². The first kappa shape index (κ1) is 22.5. The maximum atomic E-state index is 13.9. The van der Waals surface area contributed by atoms with E-state index in [9.17, 15) is 14.0 Å². The van der Waals surface area contributed by atoms with Crippen LogP contribution in [0, 0.1) is 23.1 Å². The van der Waals surface area contributed by atoms with E-state index in [1.807, 2.05) is 42.2 Å². The van der Waals surface area contributed by atoms with Crippen molar-refractivity contribution in [3.63, 3.8) is 0 Å². The molecule has 2 atom stereocenters. The Morgan fingerprint density at radius 3 is 2.50 bits per heavy atom. The second-order valence-corrected chi connectivity index (χ2v) is 9.53. The Bertz CT molecular complexity index is 981. The van der Waals surface area contributed by atoms with Crippen LogP contribution in [0.5, 0.6) is 0 Å². The third-order valence-electron chi connectivity index (χ3n) is 7.16. The van der Waals surface area contributed by atoms with Crippen molar-refractivity contribution in [2.24, 2.45) is 17.3 Å². The summed E-state index contributed by atoms with van der Waals surface area (Å²) >= 11 is 0. The molecule has 2 fully saturated rings. The third-order valence-corrected chi connectivity index (χ3v) is 7.16. The number of hydrogen-bond acceptors (Lipinski definition) is 2. The lowest BCUT2D eigenvalue weighted by Gasteiger charge is -2.41. The van der Waals surface area contributed by atoms with Gasteiger partial charge in [-0.1, -0.05) is 50.2 Å². The summed E-state index contributed by atoms with van der Waals surface area (Å²) in [6.45, 7) is 6.05. The van der Waals surface area contributed by atoms with E-state index >= 15 is 0 Å². The van der Waals surface area contributed by atoms with Gasteiger partial charge in [0.15, 0.2) is 0 Å². The first-order valence-corrected chi connectivity index (χ1v) is 11.8. The van der Waals surface area contributed by atoms with Crippen molar-refractivity contribution < 1.29 is 14.0 Å². The Labute approximate surface area is 190 Å². The second kappa shape index (κ2) is 9.43. The van der Waals surface area contributed by atoms with E-state index in [2.05, 4.69) is 12.2 Å². The van der Waals surface area contributed by atoms with Crippen LogP contribution in [0.15, 0.2) is 48.5 Å². The van der Waals surface area contributed by atoms with Crippen LogP contribution >= 0.6 is 0 Å². The van der Waals surface area contributed by atoms with Gasteiger partial charge in [0.2, 0.25) is 11.8 Å². The molecule has 2 aromatic rings. The van der Waals surface area contributed by atoms with Crippen LogP contribution in [0.1, 0.15) is 45.1 Å². The molecule has 5 heteroatoms. The molecule has 0 bridgehead atoms. The van der Waals surface area contributed by atoms with E-state index < -0.39 is 5.41 Å². The molecule has 4 nitrogen and oxygen atoms in total. The Hall–Kier alpha value is -2.69. The molecular formula is C27H33FN2O2. The fourth-order valence-corrected chi connectivity index (χ4v) is 4.94. The Kier molecular flexibility index (Phi) is 6.63. The number of amides is 2. The van der Waals surface area contributed by atoms with Gasteiger partial charge in [-0.25, -0.2) is 4.39 Å². The Balaban J connectivity index is 1.59. The minimum absolute atomic E-state index is 0.0697. The minimum Gasteiger partial charge on any atom is -0.356 e. The summed E-state index contributed by atoms with van der Waals surface area (Å²) in [6.07, 6.45) is 3.74. The van der Waals surface area contributed by atoms with Gasteiger partial charge in [-0.05, 0) is 66.8 Å². The smallest absolute Gasteiger partial charge is 0.226 e. The summed E-state index contributed by atoms with van der Waals surface area (Å²) in [5, 5.41) is 3.12. The fourth-order valence-electron chi connectivity index (χ4n) is 4.94. The average molecular weight is 437 g/mol. The van der Waals surface area contributed by atoms with Gasteiger partial charge < -0.3 is 10.2 Å². The molecule has 0 spiro atoms. The Morgan fingerprint density at radius 2 is 1.84 bits per heavy atom. The van der Waals surface area contributed by atoms with Gasteiger partial charge in [0.1, 0.15) is 5.82 Å². The maximum absolute atomic E-state index is 13.9. The number of likely N-dealkylation sites (tertiary alicyclic amines) is 1. The van der Waals surface area contributed by atoms with Crippen molar-refractivity contribution >= 4 is 11.8 Å². The number of nitrogens with one attached hydrogen (secondary N) is 1. The van der Waals surface area contributed by atoms with E-state index in [4.69, 9.17) is 0 Å². The molecule has 32 heavy (non-hydrogen) atoms. The van der Waals surface area contributed by atoms with Gasteiger partial charge in [-0.15, -0.1) is 0 Å². The molecule has 2 aliphatic rings. The first-order chi connectivity index (χ1) is 15.4. The van der Waals surface area contributed by atoms with E-state index in [0.29, 0.717) is 44.8 Å². The van der Waals surface area contributed by atoms with Crippen LogP contribution in [0.4, 0.5) is 4.39 Å². The topological polar surface area (TPSA) is 49.4 Å². The molecule has 1 aliphatic carbocycles. The number of carbonyl (C=O) groups excluding carboxylic acids is 2. The minimum atomic E-state index is -0.565. The fraction of sp³-hybridized carbons (Fsp3) is 0.481. The lowest BCUT2D eigenvalue weighted by atomic mass is 9.72. The van der Waals surface area contributed by atoms with Crippen LogP contribution < -0.4 is 5.32 Å². The predicted molar refractivity (Wildman–Crippen MR) is 124 cm³/mol. The van der Waals surface area contributed by atoms with Crippen LogP contribution in [0.2, 0.25) is 0 Å². The van der Waals surface area contributed by atoms with Crippen LogP contribution in [-0.2, 0) is 16.0 Å². The van der Waals surface area contributed by atoms with E-state index in [0.717, 1.165) is 29.5 Å². The van der Waals surface area contributed by atoms with Crippen molar-refractivity contribution in [2.45, 2.75) is 46.0 Å². The summed E-state index contributed by atoms with van der Waals surface area (Å²) in [6, 6.07) is 14.6.